The average Bonchev–Trinajstić information content (AvgIpc) is 3.31. The Balaban J connectivity index is 0.972. The van der Waals surface area contributed by atoms with E-state index in [0.29, 0.717) is 0 Å². The second kappa shape index (κ2) is 17.5. The molecule has 0 amide bonds. The summed E-state index contributed by atoms with van der Waals surface area (Å²) in [4.78, 5) is 7.10. The summed E-state index contributed by atoms with van der Waals surface area (Å²) in [7, 11) is 0. The van der Waals surface area contributed by atoms with Crippen molar-refractivity contribution < 1.29 is 0 Å². The Bertz CT molecular complexity index is 2750. The lowest BCUT2D eigenvalue weighted by Crippen LogP contribution is -2.30. The molecular formula is C58H51N3. The molecule has 0 saturated heterocycles. The third-order valence-electron chi connectivity index (χ3n) is 11.7. The topological polar surface area (TPSA) is 9.72 Å². The Morgan fingerprint density at radius 2 is 0.623 bits per heavy atom. The molecule has 0 fully saturated rings. The number of hydrogen-bond acceptors (Lipinski definition) is 3. The van der Waals surface area contributed by atoms with Gasteiger partial charge in [0.25, 0.3) is 0 Å². The Labute approximate surface area is 361 Å². The molecule has 9 rings (SSSR count). The molecule has 1 aliphatic rings. The highest BCUT2D eigenvalue weighted by Crippen LogP contribution is 2.40. The zero-order valence-electron chi connectivity index (χ0n) is 35.4. The number of benzene rings is 8. The van der Waals surface area contributed by atoms with Gasteiger partial charge in [0.15, 0.2) is 0 Å². The third kappa shape index (κ3) is 8.69. The lowest BCUT2D eigenvalue weighted by atomic mass is 9.99. The van der Waals surface area contributed by atoms with Crippen molar-refractivity contribution in [1.82, 2.24) is 0 Å². The van der Waals surface area contributed by atoms with E-state index < -0.39 is 0 Å². The minimum absolute atomic E-state index is 0.263. The number of para-hydroxylation sites is 1. The monoisotopic (exact) mass is 789 g/mol. The molecule has 1 atom stereocenters. The van der Waals surface area contributed by atoms with Crippen LogP contribution in [0, 0.1) is 20.8 Å². The van der Waals surface area contributed by atoms with Gasteiger partial charge in [-0.15, -0.1) is 0 Å². The highest BCUT2D eigenvalue weighted by Gasteiger charge is 2.20. The normalized spacial score (nSPS) is 13.4. The second-order valence-electron chi connectivity index (χ2n) is 16.2. The number of nitrogens with zero attached hydrogens (tertiary/aromatic N) is 3. The van der Waals surface area contributed by atoms with Gasteiger partial charge >= 0.3 is 0 Å². The fourth-order valence-corrected chi connectivity index (χ4v) is 8.23. The molecule has 0 saturated carbocycles. The van der Waals surface area contributed by atoms with Crippen molar-refractivity contribution in [2.24, 2.45) is 0 Å². The third-order valence-corrected chi connectivity index (χ3v) is 11.7. The van der Waals surface area contributed by atoms with Crippen molar-refractivity contribution in [3.05, 3.63) is 241 Å². The molecule has 0 aliphatic heterocycles. The molecule has 0 bridgehead atoms. The van der Waals surface area contributed by atoms with Gasteiger partial charge in [0.2, 0.25) is 0 Å². The van der Waals surface area contributed by atoms with E-state index in [1.165, 1.54) is 55.9 Å². The molecule has 3 heteroatoms. The Kier molecular flexibility index (Phi) is 11.2. The molecule has 3 nitrogen and oxygen atoms in total. The number of allylic oxidation sites excluding steroid dienone is 2. The van der Waals surface area contributed by atoms with Gasteiger partial charge in [0.05, 0.1) is 6.04 Å². The van der Waals surface area contributed by atoms with Gasteiger partial charge in [0.1, 0.15) is 0 Å². The van der Waals surface area contributed by atoms with Crippen LogP contribution in [0.15, 0.2) is 224 Å². The van der Waals surface area contributed by atoms with Gasteiger partial charge in [-0.25, -0.2) is 0 Å². The van der Waals surface area contributed by atoms with Crippen LogP contribution in [0.1, 0.15) is 30.0 Å². The Morgan fingerprint density at radius 3 is 0.951 bits per heavy atom. The van der Waals surface area contributed by atoms with Gasteiger partial charge in [-0.1, -0.05) is 144 Å². The minimum atomic E-state index is 0.263. The van der Waals surface area contributed by atoms with Gasteiger partial charge in [-0.05, 0) is 153 Å². The summed E-state index contributed by atoms with van der Waals surface area (Å²) in [5.41, 5.74) is 18.9. The number of hydrogen-bond donors (Lipinski definition) is 0. The smallest absolute Gasteiger partial charge is 0.0560 e. The molecule has 298 valence electrons. The quantitative estimate of drug-likeness (QED) is 0.129. The van der Waals surface area contributed by atoms with Crippen LogP contribution in [0.2, 0.25) is 0 Å². The summed E-state index contributed by atoms with van der Waals surface area (Å²) in [6.07, 6.45) is 7.89. The summed E-state index contributed by atoms with van der Waals surface area (Å²) in [5, 5.41) is 0. The first-order chi connectivity index (χ1) is 29.9. The van der Waals surface area contributed by atoms with Crippen LogP contribution >= 0.6 is 0 Å². The van der Waals surface area contributed by atoms with E-state index in [2.05, 4.69) is 261 Å². The number of rotatable bonds is 11. The summed E-state index contributed by atoms with van der Waals surface area (Å²) >= 11 is 0. The lowest BCUT2D eigenvalue weighted by Gasteiger charge is -2.33. The zero-order chi connectivity index (χ0) is 41.7. The molecule has 0 heterocycles. The van der Waals surface area contributed by atoms with E-state index in [4.69, 9.17) is 0 Å². The van der Waals surface area contributed by atoms with Gasteiger partial charge < -0.3 is 14.7 Å². The predicted octanol–water partition coefficient (Wildman–Crippen LogP) is 16.3. The van der Waals surface area contributed by atoms with E-state index >= 15 is 0 Å². The predicted molar refractivity (Wildman–Crippen MR) is 261 cm³/mol. The molecule has 8 aromatic carbocycles. The van der Waals surface area contributed by atoms with Crippen LogP contribution in [-0.4, -0.2) is 6.04 Å². The molecule has 0 radical (unpaired) electrons. The molecule has 0 spiro atoms. The Hall–Kier alpha value is -7.36. The van der Waals surface area contributed by atoms with Crippen LogP contribution in [0.4, 0.5) is 45.5 Å². The van der Waals surface area contributed by atoms with Crippen LogP contribution < -0.4 is 14.7 Å². The summed E-state index contributed by atoms with van der Waals surface area (Å²) in [5.74, 6) is 0. The Morgan fingerprint density at radius 1 is 0.328 bits per heavy atom. The highest BCUT2D eigenvalue weighted by molar-refractivity contribution is 5.82. The van der Waals surface area contributed by atoms with Crippen LogP contribution in [0.25, 0.3) is 22.3 Å². The van der Waals surface area contributed by atoms with Crippen molar-refractivity contribution in [3.63, 3.8) is 0 Å². The molecule has 61 heavy (non-hydrogen) atoms. The fourth-order valence-electron chi connectivity index (χ4n) is 8.23. The highest BCUT2D eigenvalue weighted by atomic mass is 15.2. The van der Waals surface area contributed by atoms with Gasteiger partial charge in [0, 0.05) is 45.5 Å². The van der Waals surface area contributed by atoms with Gasteiger partial charge in [-0.3, -0.25) is 0 Å². The first-order valence-corrected chi connectivity index (χ1v) is 21.3. The maximum Gasteiger partial charge on any atom is 0.0560 e. The summed E-state index contributed by atoms with van der Waals surface area (Å²) in [6.45, 7) is 8.58. The fraction of sp³-hybridized carbons (Fsp3) is 0.103. The molecule has 0 N–H and O–H groups in total. The number of aryl methyl sites for hydroxylation is 3. The van der Waals surface area contributed by atoms with E-state index in [1.54, 1.807) is 0 Å². The van der Waals surface area contributed by atoms with E-state index in [-0.39, 0.29) is 6.04 Å². The SMILES string of the molecule is CC1=CCC(N(c2ccc(C)cc2)c2ccc(-c3ccc(N(c4ccc(C)cc4)c4ccc(-c5ccc(N(c6ccccc6)c6ccc(C)cc6)cc5)cc4)cc3)cc2)C=C1. The van der Waals surface area contributed by atoms with Crippen molar-refractivity contribution >= 4 is 45.5 Å². The average molecular weight is 790 g/mol. The van der Waals surface area contributed by atoms with E-state index in [9.17, 15) is 0 Å². The summed E-state index contributed by atoms with van der Waals surface area (Å²) in [6, 6.07) is 73.0. The molecular weight excluding hydrogens is 739 g/mol. The van der Waals surface area contributed by atoms with Gasteiger partial charge in [-0.2, -0.15) is 0 Å². The van der Waals surface area contributed by atoms with Crippen molar-refractivity contribution in [2.75, 3.05) is 14.7 Å². The maximum absolute atomic E-state index is 2.46. The molecule has 0 aromatic heterocycles. The van der Waals surface area contributed by atoms with Crippen LogP contribution in [0.3, 0.4) is 0 Å². The van der Waals surface area contributed by atoms with E-state index in [1.807, 2.05) is 0 Å². The van der Waals surface area contributed by atoms with Crippen molar-refractivity contribution in [2.45, 2.75) is 40.2 Å². The zero-order valence-corrected chi connectivity index (χ0v) is 35.4. The first kappa shape index (κ1) is 39.1. The second-order valence-corrected chi connectivity index (χ2v) is 16.2. The largest absolute Gasteiger partial charge is 0.334 e. The van der Waals surface area contributed by atoms with Crippen molar-refractivity contribution in [3.8, 4) is 22.3 Å². The summed E-state index contributed by atoms with van der Waals surface area (Å²) < 4.78 is 0. The molecule has 1 aliphatic carbocycles. The number of anilines is 8. The lowest BCUT2D eigenvalue weighted by molar-refractivity contribution is 0.779. The van der Waals surface area contributed by atoms with E-state index in [0.717, 1.165) is 40.5 Å². The molecule has 8 aromatic rings. The van der Waals surface area contributed by atoms with Crippen molar-refractivity contribution in [1.29, 1.82) is 0 Å². The minimum Gasteiger partial charge on any atom is -0.334 e. The standard InChI is InChI=1S/C58H51N3/c1-42-10-26-51(27-11-42)59(50-8-6-5-7-9-50)55-34-18-46(19-35-55)48-22-38-57(39-23-48)61(54-32-16-45(4)17-33-54)58-40-24-49(25-41-58)47-20-36-56(37-21-47)60(52-28-12-43(2)13-29-52)53-30-14-44(3)15-31-53/h5-30,32-41,53H,31H2,1-4H3. The van der Waals surface area contributed by atoms with Crippen LogP contribution in [0.5, 0.6) is 0 Å². The first-order valence-electron chi connectivity index (χ1n) is 21.3. The van der Waals surface area contributed by atoms with Crippen LogP contribution in [-0.2, 0) is 0 Å². The molecule has 1 unspecified atom stereocenters. The maximum atomic E-state index is 2.46.